The Morgan fingerprint density at radius 3 is 2.86 bits per heavy atom. The summed E-state index contributed by atoms with van der Waals surface area (Å²) in [7, 11) is 0. The van der Waals surface area contributed by atoms with Gasteiger partial charge in [0.05, 0.1) is 29.4 Å². The molecule has 1 amide bonds. The predicted octanol–water partition coefficient (Wildman–Crippen LogP) is 1.65. The van der Waals surface area contributed by atoms with Crippen molar-refractivity contribution in [3.63, 3.8) is 0 Å². The average Bonchev–Trinajstić information content (AvgIpc) is 2.20. The van der Waals surface area contributed by atoms with Gasteiger partial charge in [-0.05, 0) is 24.6 Å². The van der Waals surface area contributed by atoms with Crippen molar-refractivity contribution in [1.82, 2.24) is 0 Å². The zero-order chi connectivity index (χ0) is 10.6. The fraction of sp³-hybridized carbons (Fsp3) is 0.222. The zero-order valence-corrected chi connectivity index (χ0v) is 9.96. The van der Waals surface area contributed by atoms with Crippen molar-refractivity contribution in [2.45, 2.75) is 6.92 Å². The van der Waals surface area contributed by atoms with Gasteiger partial charge in [-0.3, -0.25) is 4.79 Å². The van der Waals surface area contributed by atoms with E-state index < -0.39 is 0 Å². The summed E-state index contributed by atoms with van der Waals surface area (Å²) in [6.07, 6.45) is 0. The molecule has 14 heavy (non-hydrogen) atoms. The van der Waals surface area contributed by atoms with Crippen LogP contribution in [-0.2, 0) is 4.79 Å². The van der Waals surface area contributed by atoms with E-state index in [0.29, 0.717) is 0 Å². The van der Waals surface area contributed by atoms with E-state index in [2.05, 4.69) is 31.7 Å². The van der Waals surface area contributed by atoms with Crippen molar-refractivity contribution in [2.75, 3.05) is 15.4 Å². The van der Waals surface area contributed by atoms with Gasteiger partial charge in [0.15, 0.2) is 0 Å². The minimum absolute atomic E-state index is 0.000866. The van der Waals surface area contributed by atoms with Gasteiger partial charge in [0, 0.05) is 11.4 Å². The summed E-state index contributed by atoms with van der Waals surface area (Å²) in [5, 5.41) is 2.69. The minimum Gasteiger partial charge on any atom is -0.328 e. The molecule has 0 aliphatic heterocycles. The Bertz CT molecular complexity index is 341. The first-order valence-electron chi connectivity index (χ1n) is 4.14. The van der Waals surface area contributed by atoms with Crippen molar-refractivity contribution < 1.29 is 4.79 Å². The monoisotopic (exact) mass is 305 g/mol. The molecule has 5 heteroatoms. The summed E-state index contributed by atoms with van der Waals surface area (Å²) >= 11 is 2.05. The maximum absolute atomic E-state index is 11.0. The molecule has 76 valence electrons. The van der Waals surface area contributed by atoms with Gasteiger partial charge in [-0.15, -0.1) is 0 Å². The molecule has 0 fully saturated rings. The van der Waals surface area contributed by atoms with E-state index in [0.717, 1.165) is 16.9 Å². The van der Waals surface area contributed by atoms with E-state index in [1.54, 1.807) is 0 Å². The normalized spacial score (nSPS) is 9.64. The van der Waals surface area contributed by atoms with Crippen molar-refractivity contribution in [1.29, 1.82) is 0 Å². The van der Waals surface area contributed by atoms with E-state index in [1.165, 1.54) is 0 Å². The zero-order valence-electron chi connectivity index (χ0n) is 7.80. The van der Waals surface area contributed by atoms with Crippen LogP contribution in [-0.4, -0.2) is 12.5 Å². The molecule has 1 aromatic carbocycles. The number of aryl methyl sites for hydroxylation is 1. The lowest BCUT2D eigenvalue weighted by Crippen LogP contribution is -2.21. The van der Waals surface area contributed by atoms with Crippen LogP contribution in [0.5, 0.6) is 0 Å². The molecule has 0 bridgehead atoms. The highest BCUT2D eigenvalue weighted by Gasteiger charge is 2.01. The SMILES string of the molecule is Cc1ccc(NC(=O)CN)cc1NI. The van der Waals surface area contributed by atoms with Crippen LogP contribution in [0.15, 0.2) is 18.2 Å². The van der Waals surface area contributed by atoms with Crippen molar-refractivity contribution >= 4 is 40.1 Å². The van der Waals surface area contributed by atoms with Gasteiger partial charge in [-0.1, -0.05) is 6.07 Å². The van der Waals surface area contributed by atoms with Crippen LogP contribution >= 0.6 is 22.9 Å². The molecule has 0 saturated heterocycles. The summed E-state index contributed by atoms with van der Waals surface area (Å²) in [6, 6.07) is 5.66. The molecule has 0 atom stereocenters. The van der Waals surface area contributed by atoms with Gasteiger partial charge in [0.25, 0.3) is 0 Å². The first-order chi connectivity index (χ1) is 6.67. The molecule has 0 heterocycles. The van der Waals surface area contributed by atoms with E-state index in [-0.39, 0.29) is 12.5 Å². The lowest BCUT2D eigenvalue weighted by Gasteiger charge is -2.07. The largest absolute Gasteiger partial charge is 0.328 e. The van der Waals surface area contributed by atoms with E-state index in [4.69, 9.17) is 5.73 Å². The first-order valence-corrected chi connectivity index (χ1v) is 5.22. The van der Waals surface area contributed by atoms with Crippen LogP contribution in [0.2, 0.25) is 0 Å². The van der Waals surface area contributed by atoms with E-state index in [1.807, 2.05) is 25.1 Å². The number of hydrogen-bond donors (Lipinski definition) is 3. The quantitative estimate of drug-likeness (QED) is 0.587. The van der Waals surface area contributed by atoms with Crippen molar-refractivity contribution in [3.8, 4) is 0 Å². The second kappa shape index (κ2) is 5.16. The second-order valence-corrected chi connectivity index (χ2v) is 3.42. The Morgan fingerprint density at radius 2 is 2.29 bits per heavy atom. The number of amides is 1. The molecule has 4 nitrogen and oxygen atoms in total. The summed E-state index contributed by atoms with van der Waals surface area (Å²) < 4.78 is 3.01. The number of halogens is 1. The third kappa shape index (κ3) is 2.85. The molecule has 0 aromatic heterocycles. The Kier molecular flexibility index (Phi) is 4.15. The molecule has 0 spiro atoms. The molecule has 0 aliphatic rings. The first kappa shape index (κ1) is 11.3. The van der Waals surface area contributed by atoms with Gasteiger partial charge in [-0.25, -0.2) is 0 Å². The van der Waals surface area contributed by atoms with E-state index >= 15 is 0 Å². The van der Waals surface area contributed by atoms with Gasteiger partial charge < -0.3 is 14.6 Å². The van der Waals surface area contributed by atoms with Crippen LogP contribution < -0.4 is 14.6 Å². The van der Waals surface area contributed by atoms with Gasteiger partial charge in [0.2, 0.25) is 5.91 Å². The Labute approximate surface area is 96.7 Å². The number of benzene rings is 1. The molecule has 0 saturated carbocycles. The number of anilines is 2. The standard InChI is InChI=1S/C9H12IN3O/c1-6-2-3-7(4-8(6)13-10)12-9(14)5-11/h2-4,13H,5,11H2,1H3,(H,12,14). The summed E-state index contributed by atoms with van der Waals surface area (Å²) in [5.41, 5.74) is 8.06. The van der Waals surface area contributed by atoms with Gasteiger partial charge >= 0.3 is 0 Å². The summed E-state index contributed by atoms with van der Waals surface area (Å²) in [6.45, 7) is 2.00. The smallest absolute Gasteiger partial charge is 0.238 e. The highest BCUT2D eigenvalue weighted by molar-refractivity contribution is 14.1. The highest BCUT2D eigenvalue weighted by atomic mass is 127. The molecular formula is C9H12IN3O. The lowest BCUT2D eigenvalue weighted by molar-refractivity contribution is -0.114. The third-order valence-corrected chi connectivity index (χ3v) is 2.39. The average molecular weight is 305 g/mol. The highest BCUT2D eigenvalue weighted by Crippen LogP contribution is 2.21. The van der Waals surface area contributed by atoms with Gasteiger partial charge in [0.1, 0.15) is 0 Å². The minimum atomic E-state index is -0.187. The van der Waals surface area contributed by atoms with Gasteiger partial charge in [-0.2, -0.15) is 0 Å². The fourth-order valence-corrected chi connectivity index (χ4v) is 1.59. The molecular weight excluding hydrogens is 293 g/mol. The number of nitrogens with one attached hydrogen (secondary N) is 2. The van der Waals surface area contributed by atoms with E-state index in [9.17, 15) is 4.79 Å². The number of carbonyl (C=O) groups is 1. The summed E-state index contributed by atoms with van der Waals surface area (Å²) in [4.78, 5) is 11.0. The maximum atomic E-state index is 11.0. The molecule has 0 unspecified atom stereocenters. The van der Waals surface area contributed by atoms with Crippen LogP contribution in [0.4, 0.5) is 11.4 Å². The van der Waals surface area contributed by atoms with Crippen molar-refractivity contribution in [2.24, 2.45) is 5.73 Å². The molecule has 1 aromatic rings. The fourth-order valence-electron chi connectivity index (χ4n) is 1.01. The van der Waals surface area contributed by atoms with Crippen LogP contribution in [0, 0.1) is 6.92 Å². The number of nitrogens with two attached hydrogens (primary N) is 1. The van der Waals surface area contributed by atoms with Crippen LogP contribution in [0.3, 0.4) is 0 Å². The Hall–Kier alpha value is -0.820. The maximum Gasteiger partial charge on any atom is 0.238 e. The summed E-state index contributed by atoms with van der Waals surface area (Å²) in [5.74, 6) is -0.187. The Balaban J connectivity index is 2.84. The molecule has 4 N–H and O–H groups in total. The number of carbonyl (C=O) groups excluding carboxylic acids is 1. The number of rotatable bonds is 3. The topological polar surface area (TPSA) is 67.2 Å². The molecule has 1 rings (SSSR count). The second-order valence-electron chi connectivity index (χ2n) is 2.88. The predicted molar refractivity (Wildman–Crippen MR) is 66.5 cm³/mol. The van der Waals surface area contributed by atoms with Crippen LogP contribution in [0.1, 0.15) is 5.56 Å². The van der Waals surface area contributed by atoms with Crippen molar-refractivity contribution in [3.05, 3.63) is 23.8 Å². The molecule has 0 radical (unpaired) electrons. The third-order valence-electron chi connectivity index (χ3n) is 1.81. The Morgan fingerprint density at radius 1 is 1.57 bits per heavy atom. The van der Waals surface area contributed by atoms with Crippen LogP contribution in [0.25, 0.3) is 0 Å². The lowest BCUT2D eigenvalue weighted by atomic mass is 10.2. The number of hydrogen-bond acceptors (Lipinski definition) is 3. The molecule has 0 aliphatic carbocycles.